The Morgan fingerprint density at radius 1 is 1.64 bits per heavy atom. The Balaban J connectivity index is 3.62. The first kappa shape index (κ1) is 10.5. The van der Waals surface area contributed by atoms with E-state index in [2.05, 4.69) is 6.58 Å². The number of hydrogen-bond donors (Lipinski definition) is 1. The van der Waals surface area contributed by atoms with Gasteiger partial charge >= 0.3 is 0 Å². The van der Waals surface area contributed by atoms with Gasteiger partial charge in [-0.25, -0.2) is 0 Å². The first-order valence-electron chi connectivity index (χ1n) is 3.58. The highest BCUT2D eigenvalue weighted by atomic mass is 16.7. The summed E-state index contributed by atoms with van der Waals surface area (Å²) in [6.07, 6.45) is 0.852. The third-order valence-electron chi connectivity index (χ3n) is 1.04. The highest BCUT2D eigenvalue weighted by Gasteiger charge is 2.18. The molecule has 1 atom stereocenters. The Hall–Kier alpha value is -0.540. The lowest BCUT2D eigenvalue weighted by Crippen LogP contribution is -2.29. The van der Waals surface area contributed by atoms with Crippen molar-refractivity contribution < 1.29 is 14.6 Å². The molecule has 0 amide bonds. The summed E-state index contributed by atoms with van der Waals surface area (Å²) in [5.74, 6) is -0.696. The Kier molecular flexibility index (Phi) is 4.15. The summed E-state index contributed by atoms with van der Waals surface area (Å²) in [6, 6.07) is 0. The van der Waals surface area contributed by atoms with E-state index in [1.165, 1.54) is 6.26 Å². The van der Waals surface area contributed by atoms with Gasteiger partial charge in [-0.05, 0) is 6.92 Å². The van der Waals surface area contributed by atoms with Gasteiger partial charge in [-0.3, -0.25) is 0 Å². The standard InChI is InChI=1S/C8H16O3/c1-5-10-8(3,4)11-6-7(2)9/h5,7,9H,1,6H2,2-4H3. The SMILES string of the molecule is C=COC(C)(C)OCC(C)O. The maximum Gasteiger partial charge on any atom is 0.203 e. The van der Waals surface area contributed by atoms with Crippen molar-refractivity contribution in [2.75, 3.05) is 6.61 Å². The van der Waals surface area contributed by atoms with Crippen LogP contribution in [0.15, 0.2) is 12.8 Å². The van der Waals surface area contributed by atoms with E-state index in [9.17, 15) is 0 Å². The predicted molar refractivity (Wildman–Crippen MR) is 43.0 cm³/mol. The molecule has 0 aliphatic rings. The molecule has 1 N–H and O–H groups in total. The third kappa shape index (κ3) is 5.88. The smallest absolute Gasteiger partial charge is 0.203 e. The van der Waals surface area contributed by atoms with Crippen LogP contribution in [0.3, 0.4) is 0 Å². The van der Waals surface area contributed by atoms with Crippen LogP contribution in [0.2, 0.25) is 0 Å². The minimum atomic E-state index is -0.696. The first-order chi connectivity index (χ1) is 4.98. The molecule has 0 aromatic carbocycles. The van der Waals surface area contributed by atoms with Gasteiger partial charge in [-0.2, -0.15) is 0 Å². The van der Waals surface area contributed by atoms with E-state index >= 15 is 0 Å². The zero-order valence-electron chi connectivity index (χ0n) is 7.33. The van der Waals surface area contributed by atoms with Crippen LogP contribution in [-0.2, 0) is 9.47 Å². The third-order valence-corrected chi connectivity index (χ3v) is 1.04. The van der Waals surface area contributed by atoms with Gasteiger partial charge < -0.3 is 14.6 Å². The van der Waals surface area contributed by atoms with Gasteiger partial charge in [0.1, 0.15) is 0 Å². The Morgan fingerprint density at radius 3 is 2.55 bits per heavy atom. The molecule has 0 rings (SSSR count). The number of aliphatic hydroxyl groups excluding tert-OH is 1. The summed E-state index contributed by atoms with van der Waals surface area (Å²) in [5, 5.41) is 8.88. The van der Waals surface area contributed by atoms with Crippen LogP contribution in [0, 0.1) is 0 Å². The van der Waals surface area contributed by atoms with Crippen molar-refractivity contribution in [2.45, 2.75) is 32.7 Å². The van der Waals surface area contributed by atoms with Crippen LogP contribution in [0.4, 0.5) is 0 Å². The molecule has 0 radical (unpaired) electrons. The molecule has 0 aromatic rings. The van der Waals surface area contributed by atoms with Gasteiger partial charge in [-0.1, -0.05) is 6.58 Å². The Bertz CT molecular complexity index is 119. The molecule has 0 spiro atoms. The Morgan fingerprint density at radius 2 is 2.18 bits per heavy atom. The molecule has 0 heterocycles. The minimum Gasteiger partial charge on any atom is -0.471 e. The zero-order chi connectivity index (χ0) is 8.91. The number of aliphatic hydroxyl groups is 1. The van der Waals surface area contributed by atoms with Gasteiger partial charge in [0.2, 0.25) is 5.79 Å². The lowest BCUT2D eigenvalue weighted by molar-refractivity contribution is -0.193. The van der Waals surface area contributed by atoms with Crippen molar-refractivity contribution in [3.63, 3.8) is 0 Å². The average molecular weight is 160 g/mol. The van der Waals surface area contributed by atoms with E-state index < -0.39 is 11.9 Å². The van der Waals surface area contributed by atoms with Crippen LogP contribution < -0.4 is 0 Å². The number of hydrogen-bond acceptors (Lipinski definition) is 3. The highest BCUT2D eigenvalue weighted by Crippen LogP contribution is 2.11. The molecule has 0 saturated carbocycles. The molecule has 11 heavy (non-hydrogen) atoms. The molecule has 0 fully saturated rings. The second-order valence-corrected chi connectivity index (χ2v) is 2.84. The monoisotopic (exact) mass is 160 g/mol. The normalized spacial score (nSPS) is 14.2. The van der Waals surface area contributed by atoms with Crippen LogP contribution in [-0.4, -0.2) is 23.6 Å². The summed E-state index contributed by atoms with van der Waals surface area (Å²) < 4.78 is 10.2. The Labute approximate surface area is 67.6 Å². The molecule has 3 heteroatoms. The van der Waals surface area contributed by atoms with Gasteiger partial charge in [0, 0.05) is 13.8 Å². The second kappa shape index (κ2) is 4.36. The van der Waals surface area contributed by atoms with Crippen LogP contribution in [0.25, 0.3) is 0 Å². The predicted octanol–water partition coefficient (Wildman–Crippen LogP) is 1.28. The second-order valence-electron chi connectivity index (χ2n) is 2.84. The molecule has 0 aliphatic heterocycles. The molecular formula is C8H16O3. The van der Waals surface area contributed by atoms with Crippen LogP contribution in [0.1, 0.15) is 20.8 Å². The van der Waals surface area contributed by atoms with Crippen LogP contribution >= 0.6 is 0 Å². The highest BCUT2D eigenvalue weighted by molar-refractivity contribution is 4.61. The molecule has 0 bridgehead atoms. The van der Waals surface area contributed by atoms with Gasteiger partial charge in [-0.15, -0.1) is 0 Å². The first-order valence-corrected chi connectivity index (χ1v) is 3.58. The van der Waals surface area contributed by atoms with Crippen molar-refractivity contribution >= 4 is 0 Å². The molecule has 0 aliphatic carbocycles. The topological polar surface area (TPSA) is 38.7 Å². The lowest BCUT2D eigenvalue weighted by Gasteiger charge is -2.24. The van der Waals surface area contributed by atoms with Crippen molar-refractivity contribution in [1.82, 2.24) is 0 Å². The van der Waals surface area contributed by atoms with E-state index in [0.717, 1.165) is 0 Å². The van der Waals surface area contributed by atoms with Crippen molar-refractivity contribution in [3.05, 3.63) is 12.8 Å². The molecule has 66 valence electrons. The fourth-order valence-corrected chi connectivity index (χ4v) is 0.556. The van der Waals surface area contributed by atoms with Gasteiger partial charge in [0.15, 0.2) is 0 Å². The fraction of sp³-hybridized carbons (Fsp3) is 0.750. The maximum absolute atomic E-state index is 8.88. The molecule has 0 saturated heterocycles. The van der Waals surface area contributed by atoms with E-state index in [1.807, 2.05) is 0 Å². The molecule has 3 nitrogen and oxygen atoms in total. The molecule has 0 aromatic heterocycles. The maximum atomic E-state index is 8.88. The lowest BCUT2D eigenvalue weighted by atomic mass is 10.3. The van der Waals surface area contributed by atoms with E-state index in [-0.39, 0.29) is 6.61 Å². The average Bonchev–Trinajstić information content (AvgIpc) is 1.84. The van der Waals surface area contributed by atoms with Crippen molar-refractivity contribution in [2.24, 2.45) is 0 Å². The zero-order valence-corrected chi connectivity index (χ0v) is 7.33. The van der Waals surface area contributed by atoms with E-state index in [0.29, 0.717) is 0 Å². The van der Waals surface area contributed by atoms with Crippen LogP contribution in [0.5, 0.6) is 0 Å². The minimum absolute atomic E-state index is 0.265. The summed E-state index contributed by atoms with van der Waals surface area (Å²) >= 11 is 0. The molecular weight excluding hydrogens is 144 g/mol. The van der Waals surface area contributed by atoms with Gasteiger partial charge in [0.05, 0.1) is 19.0 Å². The largest absolute Gasteiger partial charge is 0.471 e. The van der Waals surface area contributed by atoms with E-state index in [4.69, 9.17) is 14.6 Å². The number of rotatable bonds is 5. The van der Waals surface area contributed by atoms with Crippen molar-refractivity contribution in [1.29, 1.82) is 0 Å². The van der Waals surface area contributed by atoms with Crippen molar-refractivity contribution in [3.8, 4) is 0 Å². The summed E-state index contributed by atoms with van der Waals surface area (Å²) in [7, 11) is 0. The number of ether oxygens (including phenoxy) is 2. The summed E-state index contributed by atoms with van der Waals surface area (Å²) in [4.78, 5) is 0. The summed E-state index contributed by atoms with van der Waals surface area (Å²) in [5.41, 5.74) is 0. The summed E-state index contributed by atoms with van der Waals surface area (Å²) in [6.45, 7) is 8.85. The van der Waals surface area contributed by atoms with Gasteiger partial charge in [0.25, 0.3) is 0 Å². The quantitative estimate of drug-likeness (QED) is 0.486. The molecule has 1 unspecified atom stereocenters. The fourth-order valence-electron chi connectivity index (χ4n) is 0.556. The van der Waals surface area contributed by atoms with E-state index in [1.54, 1.807) is 20.8 Å².